The molecule has 0 unspecified atom stereocenters. The highest BCUT2D eigenvalue weighted by molar-refractivity contribution is 7.89. The van der Waals surface area contributed by atoms with E-state index in [1.165, 1.54) is 0 Å². The molecule has 0 bridgehead atoms. The van der Waals surface area contributed by atoms with Crippen molar-refractivity contribution in [1.29, 1.82) is 0 Å². The zero-order valence-electron chi connectivity index (χ0n) is 17.3. The third-order valence-corrected chi connectivity index (χ3v) is 6.26. The monoisotopic (exact) mass is 416 g/mol. The summed E-state index contributed by atoms with van der Waals surface area (Å²) in [6.45, 7) is 7.77. The van der Waals surface area contributed by atoms with Gasteiger partial charge in [0.1, 0.15) is 11.6 Å². The average Bonchev–Trinajstić information content (AvgIpc) is 3.05. The number of sulfonamides is 1. The first-order chi connectivity index (χ1) is 13.5. The van der Waals surface area contributed by atoms with E-state index in [2.05, 4.69) is 4.72 Å². The van der Waals surface area contributed by atoms with E-state index in [4.69, 9.17) is 4.74 Å². The molecule has 0 aromatic heterocycles. The summed E-state index contributed by atoms with van der Waals surface area (Å²) in [5.41, 5.74) is 1.24. The molecule has 0 spiro atoms. The molecular weight excluding hydrogens is 388 g/mol. The summed E-state index contributed by atoms with van der Waals surface area (Å²) in [5, 5.41) is 0. The molecule has 1 N–H and O–H groups in total. The minimum Gasteiger partial charge on any atom is -0.458 e. The first kappa shape index (κ1) is 21.3. The minimum absolute atomic E-state index is 0.218. The SMILES string of the molecule is Cc1ccc(S(=O)(=O)N[C@H]2C[C@@H](C(=O)OC(C)(C)C)N(c3ccccc3)C2)cc1. The molecule has 1 saturated heterocycles. The molecule has 1 aliphatic heterocycles. The van der Waals surface area contributed by atoms with E-state index in [-0.39, 0.29) is 10.9 Å². The van der Waals surface area contributed by atoms with Gasteiger partial charge in [-0.2, -0.15) is 0 Å². The van der Waals surface area contributed by atoms with Gasteiger partial charge in [-0.1, -0.05) is 35.9 Å². The van der Waals surface area contributed by atoms with E-state index in [0.717, 1.165) is 11.3 Å². The largest absolute Gasteiger partial charge is 0.458 e. The van der Waals surface area contributed by atoms with Gasteiger partial charge in [0.15, 0.2) is 0 Å². The Morgan fingerprint density at radius 2 is 1.69 bits per heavy atom. The highest BCUT2D eigenvalue weighted by Gasteiger charge is 2.40. The third kappa shape index (κ3) is 5.36. The summed E-state index contributed by atoms with van der Waals surface area (Å²) in [4.78, 5) is 15.0. The van der Waals surface area contributed by atoms with Crippen LogP contribution in [0, 0.1) is 6.92 Å². The van der Waals surface area contributed by atoms with Gasteiger partial charge in [0.25, 0.3) is 0 Å². The van der Waals surface area contributed by atoms with Gasteiger partial charge >= 0.3 is 5.97 Å². The second kappa shape index (κ2) is 8.16. The van der Waals surface area contributed by atoms with Crippen LogP contribution in [-0.4, -0.2) is 38.6 Å². The lowest BCUT2D eigenvalue weighted by atomic mass is 10.1. The first-order valence-electron chi connectivity index (χ1n) is 9.69. The van der Waals surface area contributed by atoms with Crippen LogP contribution in [0.1, 0.15) is 32.8 Å². The van der Waals surface area contributed by atoms with Crippen LogP contribution >= 0.6 is 0 Å². The fourth-order valence-corrected chi connectivity index (χ4v) is 4.66. The number of hydrogen-bond acceptors (Lipinski definition) is 5. The lowest BCUT2D eigenvalue weighted by molar-refractivity contribution is -0.156. The predicted molar refractivity (Wildman–Crippen MR) is 113 cm³/mol. The van der Waals surface area contributed by atoms with Gasteiger partial charge in [-0.25, -0.2) is 17.9 Å². The number of nitrogens with zero attached hydrogens (tertiary/aromatic N) is 1. The molecule has 1 fully saturated rings. The number of para-hydroxylation sites is 1. The van der Waals surface area contributed by atoms with E-state index >= 15 is 0 Å². The van der Waals surface area contributed by atoms with Crippen LogP contribution in [0.2, 0.25) is 0 Å². The maximum Gasteiger partial charge on any atom is 0.329 e. The highest BCUT2D eigenvalue weighted by atomic mass is 32.2. The first-order valence-corrected chi connectivity index (χ1v) is 11.2. The molecule has 6 nitrogen and oxygen atoms in total. The van der Waals surface area contributed by atoms with Gasteiger partial charge in [0.2, 0.25) is 10.0 Å². The number of esters is 1. The number of ether oxygens (including phenoxy) is 1. The predicted octanol–water partition coefficient (Wildman–Crippen LogP) is 3.26. The molecular formula is C22H28N2O4S. The van der Waals surface area contributed by atoms with Crippen LogP contribution in [0.15, 0.2) is 59.5 Å². The number of anilines is 1. The van der Waals surface area contributed by atoms with Crippen LogP contribution in [-0.2, 0) is 19.6 Å². The van der Waals surface area contributed by atoms with Gasteiger partial charge in [0, 0.05) is 18.3 Å². The number of nitrogens with one attached hydrogen (secondary N) is 1. The molecule has 29 heavy (non-hydrogen) atoms. The molecule has 2 aromatic carbocycles. The summed E-state index contributed by atoms with van der Waals surface area (Å²) >= 11 is 0. The van der Waals surface area contributed by atoms with E-state index in [0.29, 0.717) is 13.0 Å². The summed E-state index contributed by atoms with van der Waals surface area (Å²) < 4.78 is 34.0. The van der Waals surface area contributed by atoms with Gasteiger partial charge in [-0.05, 0) is 58.4 Å². The molecule has 2 aromatic rings. The van der Waals surface area contributed by atoms with Crippen molar-refractivity contribution < 1.29 is 17.9 Å². The van der Waals surface area contributed by atoms with Gasteiger partial charge in [0.05, 0.1) is 4.90 Å². The van der Waals surface area contributed by atoms with Crippen molar-refractivity contribution in [2.24, 2.45) is 0 Å². The standard InChI is InChI=1S/C22H28N2O4S/c1-16-10-12-19(13-11-16)29(26,27)23-17-14-20(21(25)28-22(2,3)4)24(15-17)18-8-6-5-7-9-18/h5-13,17,20,23H,14-15H2,1-4H3/t17-,20-/m0/s1. The van der Waals surface area contributed by atoms with Crippen molar-refractivity contribution in [3.05, 3.63) is 60.2 Å². The van der Waals surface area contributed by atoms with Crippen molar-refractivity contribution in [2.75, 3.05) is 11.4 Å². The summed E-state index contributed by atoms with van der Waals surface area (Å²) in [6.07, 6.45) is 0.342. The van der Waals surface area contributed by atoms with Crippen molar-refractivity contribution in [1.82, 2.24) is 4.72 Å². The molecule has 0 aliphatic carbocycles. The second-order valence-electron chi connectivity index (χ2n) is 8.40. The number of carbonyl (C=O) groups is 1. The zero-order valence-corrected chi connectivity index (χ0v) is 18.1. The molecule has 0 saturated carbocycles. The zero-order chi connectivity index (χ0) is 21.2. The van der Waals surface area contributed by atoms with E-state index in [1.807, 2.05) is 62.9 Å². The third-order valence-electron chi connectivity index (χ3n) is 4.72. The van der Waals surface area contributed by atoms with Crippen molar-refractivity contribution >= 4 is 21.7 Å². The second-order valence-corrected chi connectivity index (χ2v) is 10.1. The summed E-state index contributed by atoms with van der Waals surface area (Å²) in [7, 11) is -3.68. The Bertz CT molecular complexity index is 951. The number of hydrogen-bond donors (Lipinski definition) is 1. The molecule has 3 rings (SSSR count). The summed E-state index contributed by atoms with van der Waals surface area (Å²) in [6, 6.07) is 15.3. The maximum absolute atomic E-state index is 12.8. The molecule has 1 aliphatic rings. The molecule has 7 heteroatoms. The Hall–Kier alpha value is -2.38. The smallest absolute Gasteiger partial charge is 0.329 e. The molecule has 1 heterocycles. The highest BCUT2D eigenvalue weighted by Crippen LogP contribution is 2.28. The number of aryl methyl sites for hydroxylation is 1. The Kier molecular flexibility index (Phi) is 6.00. The molecule has 0 radical (unpaired) electrons. The average molecular weight is 417 g/mol. The van der Waals surface area contributed by atoms with Crippen molar-refractivity contribution in [3.8, 4) is 0 Å². The Balaban J connectivity index is 1.82. The van der Waals surface area contributed by atoms with Crippen LogP contribution < -0.4 is 9.62 Å². The number of benzene rings is 2. The topological polar surface area (TPSA) is 75.7 Å². The number of rotatable bonds is 5. The molecule has 2 atom stereocenters. The van der Waals surface area contributed by atoms with Crippen LogP contribution in [0.4, 0.5) is 5.69 Å². The van der Waals surface area contributed by atoms with E-state index in [1.54, 1.807) is 24.3 Å². The minimum atomic E-state index is -3.68. The lowest BCUT2D eigenvalue weighted by Crippen LogP contribution is -2.40. The lowest BCUT2D eigenvalue weighted by Gasteiger charge is -2.28. The normalized spacial score (nSPS) is 19.9. The fraction of sp³-hybridized carbons (Fsp3) is 0.409. The van der Waals surface area contributed by atoms with Crippen LogP contribution in [0.5, 0.6) is 0 Å². The van der Waals surface area contributed by atoms with Crippen molar-refractivity contribution in [2.45, 2.75) is 56.7 Å². The van der Waals surface area contributed by atoms with Crippen LogP contribution in [0.3, 0.4) is 0 Å². The molecule has 0 amide bonds. The summed E-state index contributed by atoms with van der Waals surface area (Å²) in [5.74, 6) is -0.349. The van der Waals surface area contributed by atoms with Gasteiger partial charge in [-0.3, -0.25) is 0 Å². The Labute approximate surface area is 172 Å². The van der Waals surface area contributed by atoms with Gasteiger partial charge < -0.3 is 9.64 Å². The Morgan fingerprint density at radius 1 is 1.07 bits per heavy atom. The number of carbonyl (C=O) groups excluding carboxylic acids is 1. The van der Waals surface area contributed by atoms with Gasteiger partial charge in [-0.15, -0.1) is 0 Å². The van der Waals surface area contributed by atoms with Crippen molar-refractivity contribution in [3.63, 3.8) is 0 Å². The van der Waals surface area contributed by atoms with Crippen LogP contribution in [0.25, 0.3) is 0 Å². The molecule has 156 valence electrons. The maximum atomic E-state index is 12.8. The van der Waals surface area contributed by atoms with E-state index < -0.39 is 27.7 Å². The van der Waals surface area contributed by atoms with E-state index in [9.17, 15) is 13.2 Å². The Morgan fingerprint density at radius 3 is 2.28 bits per heavy atom. The quantitative estimate of drug-likeness (QED) is 0.757. The fourth-order valence-electron chi connectivity index (χ4n) is 3.42.